The van der Waals surface area contributed by atoms with Gasteiger partial charge in [-0.25, -0.2) is 0 Å². The Hall–Kier alpha value is -2.21. The minimum absolute atomic E-state index is 0.0694. The monoisotopic (exact) mass is 344 g/mol. The summed E-state index contributed by atoms with van der Waals surface area (Å²) in [7, 11) is 0. The van der Waals surface area contributed by atoms with Gasteiger partial charge in [0.25, 0.3) is 5.91 Å². The number of hydrogen-bond acceptors (Lipinski definition) is 5. The molecular weight excluding hydrogens is 320 g/mol. The van der Waals surface area contributed by atoms with E-state index in [1.54, 1.807) is 44.1 Å². The number of ketones is 1. The van der Waals surface area contributed by atoms with Crippen molar-refractivity contribution in [2.45, 2.75) is 45.8 Å². The fraction of sp³-hybridized carbons (Fsp3) is 0.526. The van der Waals surface area contributed by atoms with Crippen LogP contribution in [0.25, 0.3) is 0 Å². The van der Waals surface area contributed by atoms with Gasteiger partial charge in [0, 0.05) is 31.0 Å². The number of aliphatic hydroxyl groups is 1. The highest BCUT2D eigenvalue weighted by Gasteiger charge is 2.46. The third-order valence-electron chi connectivity index (χ3n) is 4.65. The summed E-state index contributed by atoms with van der Waals surface area (Å²) in [6, 6.07) is 2.96. The predicted octanol–water partition coefficient (Wildman–Crippen LogP) is 2.57. The summed E-state index contributed by atoms with van der Waals surface area (Å²) in [6.45, 7) is 6.37. The molecule has 2 aliphatic heterocycles. The molecule has 2 atom stereocenters. The number of rotatable bonds is 4. The van der Waals surface area contributed by atoms with Crippen molar-refractivity contribution in [3.05, 3.63) is 41.4 Å². The molecule has 6 heteroatoms. The topological polar surface area (TPSA) is 79.7 Å². The number of pyridine rings is 1. The van der Waals surface area contributed by atoms with Crippen molar-refractivity contribution in [3.8, 4) is 0 Å². The maximum atomic E-state index is 12.9. The summed E-state index contributed by atoms with van der Waals surface area (Å²) >= 11 is 0. The van der Waals surface area contributed by atoms with Crippen LogP contribution in [0.4, 0.5) is 0 Å². The number of amides is 1. The van der Waals surface area contributed by atoms with Crippen LogP contribution < -0.4 is 0 Å². The first kappa shape index (κ1) is 17.6. The molecule has 1 fully saturated rings. The lowest BCUT2D eigenvalue weighted by molar-refractivity contribution is -0.131. The predicted molar refractivity (Wildman–Crippen MR) is 91.8 cm³/mol. The van der Waals surface area contributed by atoms with Crippen LogP contribution in [0.5, 0.6) is 0 Å². The van der Waals surface area contributed by atoms with E-state index in [9.17, 15) is 14.7 Å². The van der Waals surface area contributed by atoms with Gasteiger partial charge in [0.2, 0.25) is 0 Å². The van der Waals surface area contributed by atoms with Gasteiger partial charge in [0.1, 0.15) is 0 Å². The van der Waals surface area contributed by atoms with Gasteiger partial charge in [-0.1, -0.05) is 26.8 Å². The lowest BCUT2D eigenvalue weighted by Crippen LogP contribution is -2.38. The van der Waals surface area contributed by atoms with E-state index in [-0.39, 0.29) is 17.5 Å². The number of aliphatic hydroxyl groups excluding tert-OH is 1. The molecule has 6 nitrogen and oxygen atoms in total. The number of ether oxygens (including phenoxy) is 1. The molecular formula is C19H24N2O4. The minimum atomic E-state index is -0.704. The molecule has 1 saturated heterocycles. The van der Waals surface area contributed by atoms with E-state index in [0.717, 1.165) is 12.8 Å². The Morgan fingerprint density at radius 2 is 2.20 bits per heavy atom. The minimum Gasteiger partial charge on any atom is -0.503 e. The summed E-state index contributed by atoms with van der Waals surface area (Å²) in [5.41, 5.74) is 0.165. The van der Waals surface area contributed by atoms with Gasteiger partial charge in [-0.3, -0.25) is 14.6 Å². The lowest BCUT2D eigenvalue weighted by Gasteiger charge is -2.30. The van der Waals surface area contributed by atoms with Crippen LogP contribution in [0.15, 0.2) is 35.9 Å². The van der Waals surface area contributed by atoms with Crippen LogP contribution >= 0.6 is 0 Å². The second kappa shape index (κ2) is 6.59. The first-order valence-electron chi connectivity index (χ1n) is 8.61. The summed E-state index contributed by atoms with van der Waals surface area (Å²) in [5, 5.41) is 10.5. The van der Waals surface area contributed by atoms with Crippen LogP contribution in [-0.4, -0.2) is 45.9 Å². The van der Waals surface area contributed by atoms with Gasteiger partial charge in [-0.2, -0.15) is 0 Å². The summed E-state index contributed by atoms with van der Waals surface area (Å²) in [6.07, 6.45) is 5.03. The van der Waals surface area contributed by atoms with E-state index in [2.05, 4.69) is 4.98 Å². The highest BCUT2D eigenvalue weighted by atomic mass is 16.5. The number of nitrogens with zero attached hydrogens (tertiary/aromatic N) is 2. The van der Waals surface area contributed by atoms with E-state index >= 15 is 0 Å². The van der Waals surface area contributed by atoms with Crippen molar-refractivity contribution in [2.24, 2.45) is 5.41 Å². The molecule has 2 aliphatic rings. The molecule has 1 amide bonds. The van der Waals surface area contributed by atoms with Crippen molar-refractivity contribution in [1.82, 2.24) is 9.88 Å². The lowest BCUT2D eigenvalue weighted by atomic mass is 9.82. The maximum absolute atomic E-state index is 12.9. The Morgan fingerprint density at radius 3 is 2.76 bits per heavy atom. The SMILES string of the molecule is CC(C)(C)C(=O)C1=C(O)C(=O)N(CC2CCCO2)C1c1cccnc1. The number of carbonyl (C=O) groups is 2. The highest BCUT2D eigenvalue weighted by Crippen LogP contribution is 2.41. The third kappa shape index (κ3) is 3.31. The summed E-state index contributed by atoms with van der Waals surface area (Å²) in [4.78, 5) is 31.3. The molecule has 1 N–H and O–H groups in total. The zero-order valence-corrected chi connectivity index (χ0v) is 14.9. The second-order valence-corrected chi connectivity index (χ2v) is 7.62. The molecule has 0 aliphatic carbocycles. The van der Waals surface area contributed by atoms with Gasteiger partial charge in [-0.15, -0.1) is 0 Å². The summed E-state index contributed by atoms with van der Waals surface area (Å²) in [5.74, 6) is -1.20. The molecule has 3 heterocycles. The summed E-state index contributed by atoms with van der Waals surface area (Å²) < 4.78 is 5.65. The largest absolute Gasteiger partial charge is 0.503 e. The van der Waals surface area contributed by atoms with Gasteiger partial charge < -0.3 is 14.7 Å². The number of aromatic nitrogens is 1. The smallest absolute Gasteiger partial charge is 0.290 e. The van der Waals surface area contributed by atoms with Gasteiger partial charge >= 0.3 is 0 Å². The quantitative estimate of drug-likeness (QED) is 0.908. The van der Waals surface area contributed by atoms with Crippen LogP contribution in [-0.2, 0) is 14.3 Å². The van der Waals surface area contributed by atoms with Crippen molar-refractivity contribution in [2.75, 3.05) is 13.2 Å². The zero-order valence-electron chi connectivity index (χ0n) is 14.9. The zero-order chi connectivity index (χ0) is 18.2. The number of hydrogen-bond donors (Lipinski definition) is 1. The van der Waals surface area contributed by atoms with Gasteiger partial charge in [0.05, 0.1) is 17.7 Å². The third-order valence-corrected chi connectivity index (χ3v) is 4.65. The molecule has 0 spiro atoms. The average molecular weight is 344 g/mol. The Morgan fingerprint density at radius 1 is 1.44 bits per heavy atom. The van der Waals surface area contributed by atoms with Crippen LogP contribution in [0.2, 0.25) is 0 Å². The van der Waals surface area contributed by atoms with E-state index in [1.807, 2.05) is 6.07 Å². The Labute approximate surface area is 147 Å². The van der Waals surface area contributed by atoms with Crippen molar-refractivity contribution in [1.29, 1.82) is 0 Å². The molecule has 2 unspecified atom stereocenters. The van der Waals surface area contributed by atoms with E-state index in [4.69, 9.17) is 4.74 Å². The Balaban J connectivity index is 2.02. The first-order chi connectivity index (χ1) is 11.8. The van der Waals surface area contributed by atoms with Crippen LogP contribution in [0, 0.1) is 5.41 Å². The molecule has 0 aromatic carbocycles. The van der Waals surface area contributed by atoms with E-state index < -0.39 is 23.1 Å². The average Bonchev–Trinajstić information content (AvgIpc) is 3.16. The molecule has 3 rings (SSSR count). The maximum Gasteiger partial charge on any atom is 0.290 e. The molecule has 25 heavy (non-hydrogen) atoms. The first-order valence-corrected chi connectivity index (χ1v) is 8.61. The standard InChI is InChI=1S/C19H24N2O4/c1-19(2,3)17(23)14-15(12-6-4-8-20-10-12)21(18(24)16(14)22)11-13-7-5-9-25-13/h4,6,8,10,13,15,22H,5,7,9,11H2,1-3H3. The van der Waals surface area contributed by atoms with Crippen LogP contribution in [0.1, 0.15) is 45.2 Å². The van der Waals surface area contributed by atoms with E-state index in [0.29, 0.717) is 18.7 Å². The van der Waals surface area contributed by atoms with Crippen molar-refractivity contribution >= 4 is 11.7 Å². The number of carbonyl (C=O) groups excluding carboxylic acids is 2. The van der Waals surface area contributed by atoms with E-state index in [1.165, 1.54) is 0 Å². The molecule has 134 valence electrons. The molecule has 1 aromatic rings. The fourth-order valence-corrected chi connectivity index (χ4v) is 3.37. The second-order valence-electron chi connectivity index (χ2n) is 7.62. The van der Waals surface area contributed by atoms with Crippen molar-refractivity contribution in [3.63, 3.8) is 0 Å². The molecule has 0 radical (unpaired) electrons. The molecule has 0 bridgehead atoms. The normalized spacial score (nSPS) is 24.3. The van der Waals surface area contributed by atoms with Gasteiger partial charge in [-0.05, 0) is 24.5 Å². The molecule has 0 saturated carbocycles. The van der Waals surface area contributed by atoms with Crippen LogP contribution in [0.3, 0.4) is 0 Å². The number of Topliss-reactive ketones (excluding diaryl/α,β-unsaturated/α-hetero) is 1. The Kier molecular flexibility index (Phi) is 4.64. The highest BCUT2D eigenvalue weighted by molar-refractivity contribution is 6.10. The van der Waals surface area contributed by atoms with Crippen molar-refractivity contribution < 1.29 is 19.4 Å². The van der Waals surface area contributed by atoms with Gasteiger partial charge in [0.15, 0.2) is 11.5 Å². The Bertz CT molecular complexity index is 700. The fourth-order valence-electron chi connectivity index (χ4n) is 3.37. The molecule has 1 aromatic heterocycles.